The van der Waals surface area contributed by atoms with E-state index >= 15 is 0 Å². The summed E-state index contributed by atoms with van der Waals surface area (Å²) in [5, 5.41) is 10.0. The van der Waals surface area contributed by atoms with E-state index in [4.69, 9.17) is 5.11 Å². The lowest BCUT2D eigenvalue weighted by Crippen LogP contribution is -2.35. The molecule has 0 saturated carbocycles. The molecular weight excluding hydrogens is 296 g/mol. The highest BCUT2D eigenvalue weighted by Crippen LogP contribution is 2.21. The second-order valence-electron chi connectivity index (χ2n) is 4.90. The summed E-state index contributed by atoms with van der Waals surface area (Å²) >= 11 is 0. The van der Waals surface area contributed by atoms with Gasteiger partial charge in [0.2, 0.25) is 0 Å². The van der Waals surface area contributed by atoms with Crippen LogP contribution in [0, 0.1) is 0 Å². The minimum atomic E-state index is -1.03. The van der Waals surface area contributed by atoms with Crippen LogP contribution >= 0.6 is 0 Å². The number of hydrazine groups is 1. The number of carbonyl (C=O) groups is 3. The zero-order valence-corrected chi connectivity index (χ0v) is 11.9. The third-order valence-electron chi connectivity index (χ3n) is 3.37. The van der Waals surface area contributed by atoms with Crippen LogP contribution in [-0.2, 0) is 9.59 Å². The SMILES string of the molecule is O=C1NN(c2ccccc2)C(=O)/C1=C\c1ccc(C(=O)O)cc1. The largest absolute Gasteiger partial charge is 0.478 e. The Morgan fingerprint density at radius 3 is 2.26 bits per heavy atom. The molecule has 0 bridgehead atoms. The zero-order chi connectivity index (χ0) is 16.4. The number of amides is 2. The normalized spacial score (nSPS) is 15.8. The summed E-state index contributed by atoms with van der Waals surface area (Å²) in [5.41, 5.74) is 3.78. The fourth-order valence-corrected chi connectivity index (χ4v) is 2.20. The molecule has 0 spiro atoms. The summed E-state index contributed by atoms with van der Waals surface area (Å²) in [6.45, 7) is 0. The Labute approximate surface area is 131 Å². The number of hydrogen-bond acceptors (Lipinski definition) is 3. The number of carbonyl (C=O) groups excluding carboxylic acids is 2. The van der Waals surface area contributed by atoms with E-state index in [1.807, 2.05) is 6.07 Å². The maximum Gasteiger partial charge on any atom is 0.335 e. The van der Waals surface area contributed by atoms with Crippen molar-refractivity contribution < 1.29 is 19.5 Å². The highest BCUT2D eigenvalue weighted by Gasteiger charge is 2.34. The molecule has 2 aromatic carbocycles. The van der Waals surface area contributed by atoms with Gasteiger partial charge in [0.25, 0.3) is 11.8 Å². The summed E-state index contributed by atoms with van der Waals surface area (Å²) in [7, 11) is 0. The highest BCUT2D eigenvalue weighted by molar-refractivity contribution is 6.31. The molecule has 1 aliphatic heterocycles. The van der Waals surface area contributed by atoms with Gasteiger partial charge in [-0.3, -0.25) is 15.0 Å². The van der Waals surface area contributed by atoms with Gasteiger partial charge >= 0.3 is 5.97 Å². The van der Waals surface area contributed by atoms with Crippen molar-refractivity contribution in [1.82, 2.24) is 5.43 Å². The van der Waals surface area contributed by atoms with Gasteiger partial charge in [0.15, 0.2) is 0 Å². The summed E-state index contributed by atoms with van der Waals surface area (Å²) in [6, 6.07) is 14.7. The summed E-state index contributed by atoms with van der Waals surface area (Å²) < 4.78 is 0. The predicted molar refractivity (Wildman–Crippen MR) is 83.4 cm³/mol. The van der Waals surface area contributed by atoms with Crippen LogP contribution < -0.4 is 10.4 Å². The van der Waals surface area contributed by atoms with E-state index in [1.54, 1.807) is 36.4 Å². The number of nitrogens with zero attached hydrogens (tertiary/aromatic N) is 1. The van der Waals surface area contributed by atoms with Gasteiger partial charge in [-0.2, -0.15) is 0 Å². The maximum atomic E-state index is 12.4. The van der Waals surface area contributed by atoms with E-state index in [0.717, 1.165) is 0 Å². The number of nitrogens with one attached hydrogen (secondary N) is 1. The van der Waals surface area contributed by atoms with Crippen LogP contribution in [0.5, 0.6) is 0 Å². The van der Waals surface area contributed by atoms with Gasteiger partial charge < -0.3 is 5.11 Å². The third-order valence-corrected chi connectivity index (χ3v) is 3.37. The first-order valence-corrected chi connectivity index (χ1v) is 6.82. The van der Waals surface area contributed by atoms with Crippen molar-refractivity contribution in [3.63, 3.8) is 0 Å². The maximum absolute atomic E-state index is 12.4. The van der Waals surface area contributed by atoms with Gasteiger partial charge in [-0.25, -0.2) is 9.80 Å². The Balaban J connectivity index is 1.89. The Hall–Kier alpha value is -3.41. The van der Waals surface area contributed by atoms with Gasteiger partial charge in [-0.1, -0.05) is 30.3 Å². The summed E-state index contributed by atoms with van der Waals surface area (Å²) in [6.07, 6.45) is 1.44. The molecule has 6 heteroatoms. The molecule has 2 N–H and O–H groups in total. The molecule has 1 saturated heterocycles. The summed E-state index contributed by atoms with van der Waals surface area (Å²) in [5.74, 6) is -1.99. The second-order valence-corrected chi connectivity index (χ2v) is 4.90. The van der Waals surface area contributed by atoms with Crippen molar-refractivity contribution in [3.05, 3.63) is 71.3 Å². The van der Waals surface area contributed by atoms with Crippen molar-refractivity contribution >= 4 is 29.5 Å². The van der Waals surface area contributed by atoms with Crippen molar-refractivity contribution in [1.29, 1.82) is 0 Å². The van der Waals surface area contributed by atoms with Crippen LogP contribution in [0.2, 0.25) is 0 Å². The molecule has 6 nitrogen and oxygen atoms in total. The first-order valence-electron chi connectivity index (χ1n) is 6.82. The van der Waals surface area contributed by atoms with E-state index in [0.29, 0.717) is 11.3 Å². The topological polar surface area (TPSA) is 86.7 Å². The lowest BCUT2D eigenvalue weighted by Gasteiger charge is -2.13. The van der Waals surface area contributed by atoms with Gasteiger partial charge in [-0.05, 0) is 35.9 Å². The fraction of sp³-hybridized carbons (Fsp3) is 0. The number of carboxylic acids is 1. The molecule has 114 valence electrons. The highest BCUT2D eigenvalue weighted by atomic mass is 16.4. The minimum Gasteiger partial charge on any atom is -0.478 e. The quantitative estimate of drug-likeness (QED) is 0.669. The van der Waals surface area contributed by atoms with E-state index in [1.165, 1.54) is 23.2 Å². The average Bonchev–Trinajstić information content (AvgIpc) is 2.84. The van der Waals surface area contributed by atoms with Crippen molar-refractivity contribution in [2.75, 3.05) is 5.01 Å². The zero-order valence-electron chi connectivity index (χ0n) is 11.9. The number of benzene rings is 2. The summed E-state index contributed by atoms with van der Waals surface area (Å²) in [4.78, 5) is 35.2. The molecule has 0 atom stereocenters. The fourth-order valence-electron chi connectivity index (χ4n) is 2.20. The molecule has 0 aromatic heterocycles. The molecule has 2 amide bonds. The lowest BCUT2D eigenvalue weighted by molar-refractivity contribution is -0.117. The molecule has 1 aliphatic rings. The van der Waals surface area contributed by atoms with Gasteiger partial charge in [0.1, 0.15) is 5.57 Å². The van der Waals surface area contributed by atoms with Gasteiger partial charge in [0, 0.05) is 0 Å². The van der Waals surface area contributed by atoms with Crippen LogP contribution in [0.15, 0.2) is 60.2 Å². The molecule has 1 heterocycles. The number of hydrogen-bond donors (Lipinski definition) is 2. The van der Waals surface area contributed by atoms with E-state index in [9.17, 15) is 14.4 Å². The molecule has 1 fully saturated rings. The monoisotopic (exact) mass is 308 g/mol. The van der Waals surface area contributed by atoms with Crippen molar-refractivity contribution in [3.8, 4) is 0 Å². The Kier molecular flexibility index (Phi) is 3.64. The first-order chi connectivity index (χ1) is 11.1. The smallest absolute Gasteiger partial charge is 0.335 e. The van der Waals surface area contributed by atoms with Crippen LogP contribution in [0.4, 0.5) is 5.69 Å². The van der Waals surface area contributed by atoms with E-state index in [-0.39, 0.29) is 11.1 Å². The van der Waals surface area contributed by atoms with Gasteiger partial charge in [0.05, 0.1) is 11.3 Å². The van der Waals surface area contributed by atoms with Crippen molar-refractivity contribution in [2.24, 2.45) is 0 Å². The number of aromatic carboxylic acids is 1. The number of anilines is 1. The molecule has 3 rings (SSSR count). The van der Waals surface area contributed by atoms with E-state index < -0.39 is 17.8 Å². The standard InChI is InChI=1S/C17H12N2O4/c20-15-14(10-11-6-8-12(9-7-11)17(22)23)16(21)19(18-15)13-4-2-1-3-5-13/h1-10H,(H,18,20)(H,22,23)/b14-10-. The molecule has 2 aromatic rings. The Morgan fingerprint density at radius 2 is 1.65 bits per heavy atom. The van der Waals surface area contributed by atoms with Crippen LogP contribution in [0.1, 0.15) is 15.9 Å². The first kappa shape index (κ1) is 14.5. The molecule has 23 heavy (non-hydrogen) atoms. The Bertz CT molecular complexity index is 810. The molecular formula is C17H12N2O4. The number of rotatable bonds is 3. The Morgan fingerprint density at radius 1 is 1.00 bits per heavy atom. The van der Waals surface area contributed by atoms with Gasteiger partial charge in [-0.15, -0.1) is 0 Å². The molecule has 0 aliphatic carbocycles. The number of carboxylic acid groups (broad SMARTS) is 1. The van der Waals surface area contributed by atoms with E-state index in [2.05, 4.69) is 5.43 Å². The average molecular weight is 308 g/mol. The van der Waals surface area contributed by atoms with Crippen LogP contribution in [-0.4, -0.2) is 22.9 Å². The van der Waals surface area contributed by atoms with Crippen LogP contribution in [0.3, 0.4) is 0 Å². The predicted octanol–water partition coefficient (Wildman–Crippen LogP) is 1.85. The molecule has 0 unspecified atom stereocenters. The van der Waals surface area contributed by atoms with Crippen molar-refractivity contribution in [2.45, 2.75) is 0 Å². The van der Waals surface area contributed by atoms with Crippen LogP contribution in [0.25, 0.3) is 6.08 Å². The second kappa shape index (κ2) is 5.76. The number of para-hydroxylation sites is 1. The molecule has 0 radical (unpaired) electrons. The third kappa shape index (κ3) is 2.82. The minimum absolute atomic E-state index is 0.00284. The lowest BCUT2D eigenvalue weighted by atomic mass is 10.1.